The predicted octanol–water partition coefficient (Wildman–Crippen LogP) is 10.1. The SMILES string of the molecule is CCCCC/C=C\C/C=C\CCCCCCCCC(O)C(=O)NC(CS(=O)(=O)O)C(O)/C=C/CC/C=C/CCCCCCCCCCC. The minimum atomic E-state index is -4.45. The van der Waals surface area contributed by atoms with E-state index in [0.29, 0.717) is 12.8 Å². The van der Waals surface area contributed by atoms with Crippen LogP contribution >= 0.6 is 0 Å². The minimum absolute atomic E-state index is 0.260. The highest BCUT2D eigenvalue weighted by molar-refractivity contribution is 7.85. The summed E-state index contributed by atoms with van der Waals surface area (Å²) in [6.07, 6.45) is 41.6. The molecule has 0 aliphatic heterocycles. The van der Waals surface area contributed by atoms with E-state index in [1.165, 1.54) is 89.5 Å². The number of hydrogen-bond donors (Lipinski definition) is 4. The third kappa shape index (κ3) is 32.8. The Morgan fingerprint density at radius 3 is 1.54 bits per heavy atom. The zero-order valence-electron chi connectivity index (χ0n) is 30.7. The first kappa shape index (κ1) is 46.3. The summed E-state index contributed by atoms with van der Waals surface area (Å²) < 4.78 is 32.4. The monoisotopic (exact) mass is 696 g/mol. The van der Waals surface area contributed by atoms with Gasteiger partial charge in [0.15, 0.2) is 0 Å². The number of allylic oxidation sites excluding steroid dienone is 7. The van der Waals surface area contributed by atoms with Crippen molar-refractivity contribution in [3.8, 4) is 0 Å². The quantitative estimate of drug-likeness (QED) is 0.0302. The Bertz CT molecular complexity index is 959. The number of aliphatic hydroxyl groups is 2. The van der Waals surface area contributed by atoms with Gasteiger partial charge in [0.2, 0.25) is 5.91 Å². The van der Waals surface area contributed by atoms with E-state index in [1.807, 2.05) is 0 Å². The van der Waals surface area contributed by atoms with Gasteiger partial charge < -0.3 is 15.5 Å². The number of carbonyl (C=O) groups is 1. The molecule has 7 nitrogen and oxygen atoms in total. The normalized spacial score (nSPS) is 14.5. The zero-order valence-corrected chi connectivity index (χ0v) is 31.5. The third-order valence-corrected chi connectivity index (χ3v) is 9.37. The van der Waals surface area contributed by atoms with Gasteiger partial charge in [-0.05, 0) is 64.2 Å². The molecule has 0 fully saturated rings. The van der Waals surface area contributed by atoms with E-state index in [-0.39, 0.29) is 6.42 Å². The molecule has 4 N–H and O–H groups in total. The highest BCUT2D eigenvalue weighted by Crippen LogP contribution is 2.13. The summed E-state index contributed by atoms with van der Waals surface area (Å²) in [7, 11) is -4.45. The first-order valence-electron chi connectivity index (χ1n) is 19.4. The maximum absolute atomic E-state index is 12.6. The Labute approximate surface area is 295 Å². The van der Waals surface area contributed by atoms with Crippen molar-refractivity contribution < 1.29 is 28.0 Å². The standard InChI is InChI=1S/C40H73NO6S/c1-3-5-7-9-11-13-15-17-19-21-23-25-27-29-31-33-35-39(43)40(44)41-37(36-48(45,46)47)38(42)34-32-30-28-26-24-22-20-18-16-14-12-10-8-6-4-2/h11,13,17,19,24,26,32,34,37-39,42-43H,3-10,12,14-16,18,20-23,25,27-31,33,35-36H2,1-2H3,(H,41,44)(H,45,46,47)/b13-11-,19-17-,26-24+,34-32+. The summed E-state index contributed by atoms with van der Waals surface area (Å²) in [5.41, 5.74) is 0. The van der Waals surface area contributed by atoms with Crippen LogP contribution in [0.3, 0.4) is 0 Å². The van der Waals surface area contributed by atoms with Gasteiger partial charge in [-0.1, -0.05) is 159 Å². The number of aliphatic hydroxyl groups excluding tert-OH is 2. The fourth-order valence-electron chi connectivity index (χ4n) is 5.56. The van der Waals surface area contributed by atoms with Crippen molar-refractivity contribution in [3.05, 3.63) is 48.6 Å². The van der Waals surface area contributed by atoms with E-state index >= 15 is 0 Å². The molecule has 0 aromatic heterocycles. The van der Waals surface area contributed by atoms with Crippen molar-refractivity contribution in [2.75, 3.05) is 5.75 Å². The highest BCUT2D eigenvalue weighted by Gasteiger charge is 2.27. The Hall–Kier alpha value is -1.74. The number of rotatable bonds is 34. The minimum Gasteiger partial charge on any atom is -0.387 e. The largest absolute Gasteiger partial charge is 0.387 e. The van der Waals surface area contributed by atoms with Gasteiger partial charge in [-0.15, -0.1) is 0 Å². The molecule has 1 amide bonds. The van der Waals surface area contributed by atoms with Crippen molar-refractivity contribution in [1.29, 1.82) is 0 Å². The van der Waals surface area contributed by atoms with Crippen LogP contribution in [0, 0.1) is 0 Å². The highest BCUT2D eigenvalue weighted by atomic mass is 32.2. The van der Waals surface area contributed by atoms with Crippen LogP contribution < -0.4 is 5.32 Å². The number of nitrogens with one attached hydrogen (secondary N) is 1. The average Bonchev–Trinajstić information content (AvgIpc) is 3.05. The molecular formula is C40H73NO6S. The van der Waals surface area contributed by atoms with Crippen LogP contribution in [0.4, 0.5) is 0 Å². The van der Waals surface area contributed by atoms with E-state index < -0.39 is 40.0 Å². The molecule has 0 heterocycles. The molecular weight excluding hydrogens is 623 g/mol. The van der Waals surface area contributed by atoms with Gasteiger partial charge in [0.1, 0.15) is 6.10 Å². The van der Waals surface area contributed by atoms with Gasteiger partial charge in [-0.25, -0.2) is 0 Å². The Balaban J connectivity index is 4.16. The molecule has 0 bridgehead atoms. The molecule has 0 aliphatic rings. The molecule has 3 unspecified atom stereocenters. The summed E-state index contributed by atoms with van der Waals surface area (Å²) in [4.78, 5) is 12.6. The second-order valence-corrected chi connectivity index (χ2v) is 14.8. The van der Waals surface area contributed by atoms with E-state index in [1.54, 1.807) is 6.08 Å². The summed E-state index contributed by atoms with van der Waals surface area (Å²) in [5, 5.41) is 23.3. The topological polar surface area (TPSA) is 124 Å². The maximum atomic E-state index is 12.6. The molecule has 0 aromatic rings. The van der Waals surface area contributed by atoms with Crippen molar-refractivity contribution in [2.45, 2.75) is 193 Å². The second kappa shape index (κ2) is 33.7. The number of amides is 1. The summed E-state index contributed by atoms with van der Waals surface area (Å²) >= 11 is 0. The van der Waals surface area contributed by atoms with Crippen molar-refractivity contribution >= 4 is 16.0 Å². The molecule has 0 spiro atoms. The van der Waals surface area contributed by atoms with Crippen molar-refractivity contribution in [3.63, 3.8) is 0 Å². The van der Waals surface area contributed by atoms with Crippen LogP contribution in [-0.2, 0) is 14.9 Å². The molecule has 280 valence electrons. The van der Waals surface area contributed by atoms with Crippen LogP contribution in [0.5, 0.6) is 0 Å². The number of hydrogen-bond acceptors (Lipinski definition) is 5. The van der Waals surface area contributed by atoms with Gasteiger partial charge in [0.05, 0.1) is 17.9 Å². The summed E-state index contributed by atoms with van der Waals surface area (Å²) in [5.74, 6) is -1.57. The fraction of sp³-hybridized carbons (Fsp3) is 0.775. The lowest BCUT2D eigenvalue weighted by atomic mass is 10.0. The Morgan fingerprint density at radius 1 is 0.583 bits per heavy atom. The third-order valence-electron chi connectivity index (χ3n) is 8.59. The van der Waals surface area contributed by atoms with Gasteiger partial charge in [-0.2, -0.15) is 8.42 Å². The molecule has 0 aliphatic carbocycles. The van der Waals surface area contributed by atoms with Gasteiger partial charge in [0.25, 0.3) is 10.1 Å². The summed E-state index contributed by atoms with van der Waals surface area (Å²) in [6, 6.07) is -1.25. The van der Waals surface area contributed by atoms with E-state index in [0.717, 1.165) is 57.8 Å². The molecule has 3 atom stereocenters. The lowest BCUT2D eigenvalue weighted by Gasteiger charge is -2.22. The smallest absolute Gasteiger partial charge is 0.267 e. The maximum Gasteiger partial charge on any atom is 0.267 e. The molecule has 0 saturated heterocycles. The predicted molar refractivity (Wildman–Crippen MR) is 204 cm³/mol. The molecule has 0 rings (SSSR count). The first-order valence-corrected chi connectivity index (χ1v) is 21.1. The molecule has 0 aromatic carbocycles. The van der Waals surface area contributed by atoms with Crippen LogP contribution in [-0.4, -0.2) is 53.1 Å². The molecule has 8 heteroatoms. The zero-order chi connectivity index (χ0) is 35.6. The van der Waals surface area contributed by atoms with E-state index in [9.17, 15) is 28.0 Å². The van der Waals surface area contributed by atoms with Crippen molar-refractivity contribution in [1.82, 2.24) is 5.32 Å². The van der Waals surface area contributed by atoms with E-state index in [2.05, 4.69) is 55.6 Å². The Kier molecular flexibility index (Phi) is 32.5. The van der Waals surface area contributed by atoms with Crippen LogP contribution in [0.1, 0.15) is 174 Å². The molecule has 48 heavy (non-hydrogen) atoms. The first-order chi connectivity index (χ1) is 23.2. The second-order valence-electron chi connectivity index (χ2n) is 13.3. The van der Waals surface area contributed by atoms with Crippen LogP contribution in [0.25, 0.3) is 0 Å². The van der Waals surface area contributed by atoms with Crippen LogP contribution in [0.2, 0.25) is 0 Å². The molecule has 0 radical (unpaired) electrons. The molecule has 0 saturated carbocycles. The number of carbonyl (C=O) groups excluding carboxylic acids is 1. The summed E-state index contributed by atoms with van der Waals surface area (Å²) in [6.45, 7) is 4.46. The van der Waals surface area contributed by atoms with E-state index in [4.69, 9.17) is 0 Å². The number of unbranched alkanes of at least 4 members (excludes halogenated alkanes) is 19. The lowest BCUT2D eigenvalue weighted by molar-refractivity contribution is -0.130. The van der Waals surface area contributed by atoms with Gasteiger partial charge >= 0.3 is 0 Å². The van der Waals surface area contributed by atoms with Crippen LogP contribution in [0.15, 0.2) is 48.6 Å². The fourth-order valence-corrected chi connectivity index (χ4v) is 6.29. The lowest BCUT2D eigenvalue weighted by Crippen LogP contribution is -2.50. The Morgan fingerprint density at radius 2 is 1.00 bits per heavy atom. The van der Waals surface area contributed by atoms with Gasteiger partial charge in [-0.3, -0.25) is 9.35 Å². The van der Waals surface area contributed by atoms with Crippen molar-refractivity contribution in [2.24, 2.45) is 0 Å². The van der Waals surface area contributed by atoms with Gasteiger partial charge in [0, 0.05) is 0 Å². The average molecular weight is 696 g/mol.